The van der Waals surface area contributed by atoms with E-state index < -0.39 is 44.6 Å². The molecule has 0 spiro atoms. The molecule has 0 N–H and O–H groups in total. The molecule has 0 saturated carbocycles. The average molecular weight is 656 g/mol. The third kappa shape index (κ3) is 7.46. The number of halogens is 6. The van der Waals surface area contributed by atoms with Crippen LogP contribution in [0.4, 0.5) is 26.3 Å². The molecule has 220 valence electrons. The summed E-state index contributed by atoms with van der Waals surface area (Å²) in [5.74, 6) is 0.0113. The van der Waals surface area contributed by atoms with E-state index in [0.717, 1.165) is 80.5 Å². The van der Waals surface area contributed by atoms with Gasteiger partial charge in [-0.2, -0.15) is 0 Å². The Morgan fingerprint density at radius 3 is 1.44 bits per heavy atom. The van der Waals surface area contributed by atoms with Crippen molar-refractivity contribution >= 4 is 0 Å². The van der Waals surface area contributed by atoms with Crippen molar-refractivity contribution < 1.29 is 53.1 Å². The summed E-state index contributed by atoms with van der Waals surface area (Å²) in [5.41, 5.74) is 0.305. The van der Waals surface area contributed by atoms with Gasteiger partial charge in [-0.05, 0) is 0 Å². The second-order valence-corrected chi connectivity index (χ2v) is 17.3. The molecule has 2 nitrogen and oxygen atoms in total. The van der Waals surface area contributed by atoms with Gasteiger partial charge >= 0.3 is 244 Å². The van der Waals surface area contributed by atoms with E-state index in [1.54, 1.807) is 0 Å². The first-order valence-electron chi connectivity index (χ1n) is 14.0. The molecule has 0 heterocycles. The Balaban J connectivity index is 1.96. The molecule has 0 fully saturated rings. The van der Waals surface area contributed by atoms with E-state index in [9.17, 15) is 26.3 Å². The predicted octanol–water partition coefficient (Wildman–Crippen LogP) is 11.0. The van der Waals surface area contributed by atoms with Gasteiger partial charge in [0.05, 0.1) is 0 Å². The minimum atomic E-state index is -5.00. The Kier molecular flexibility index (Phi) is 10.1. The van der Waals surface area contributed by atoms with Gasteiger partial charge in [0.1, 0.15) is 0 Å². The SMILES string of the molecule is CCCCC1=[C]([Zr]([O]c2cccc(C(F)(F)F)c2)([O]c2cccc(C(F)(F)F)c2)[C]2=C(CCCC)C=CC2)CC=C1. The number of allylic oxidation sites excluding steroid dienone is 8. The Morgan fingerprint density at radius 1 is 0.659 bits per heavy atom. The van der Waals surface area contributed by atoms with Crippen LogP contribution in [0.25, 0.3) is 0 Å². The van der Waals surface area contributed by atoms with Crippen molar-refractivity contribution in [2.45, 2.75) is 77.6 Å². The van der Waals surface area contributed by atoms with Gasteiger partial charge in [-0.3, -0.25) is 0 Å². The maximum absolute atomic E-state index is 13.7. The Labute approximate surface area is 243 Å². The molecule has 0 aliphatic heterocycles. The van der Waals surface area contributed by atoms with Gasteiger partial charge in [0.2, 0.25) is 0 Å². The summed E-state index contributed by atoms with van der Waals surface area (Å²) in [5, 5.41) is 0. The summed E-state index contributed by atoms with van der Waals surface area (Å²) < 4.78 is 97.5. The number of alkyl halides is 6. The minimum absolute atomic E-state index is 0.00563. The fourth-order valence-corrected chi connectivity index (χ4v) is 14.7. The Hall–Kier alpha value is -2.54. The van der Waals surface area contributed by atoms with Crippen LogP contribution < -0.4 is 5.63 Å². The third-order valence-electron chi connectivity index (χ3n) is 7.30. The van der Waals surface area contributed by atoms with Crippen molar-refractivity contribution in [1.29, 1.82) is 0 Å². The molecule has 41 heavy (non-hydrogen) atoms. The molecule has 0 atom stereocenters. The van der Waals surface area contributed by atoms with Crippen LogP contribution in [0, 0.1) is 0 Å². The molecule has 4 rings (SSSR count). The van der Waals surface area contributed by atoms with Crippen LogP contribution in [0.2, 0.25) is 0 Å². The van der Waals surface area contributed by atoms with Gasteiger partial charge in [0.15, 0.2) is 0 Å². The van der Waals surface area contributed by atoms with Crippen LogP contribution in [0.3, 0.4) is 0 Å². The standard InChI is InChI=1S/2C9H13.2C7H5F3O.Zr/c2*1-2-3-6-9-7-4-5-8-9;2*8-7(9,10)5-2-1-3-6(11)4-5;/h2*4,7H,2-3,5-6H2,1H3;2*1-4,11H;/q;;;;+2/p-2. The van der Waals surface area contributed by atoms with Crippen LogP contribution in [0.1, 0.15) is 76.3 Å². The summed E-state index contributed by atoms with van der Waals surface area (Å²) in [7, 11) is 0. The molecule has 0 radical (unpaired) electrons. The third-order valence-corrected chi connectivity index (χ3v) is 16.4. The molecule has 2 aromatic carbocycles. The first kappa shape index (κ1) is 31.4. The molecule has 0 amide bonds. The molecule has 2 aliphatic carbocycles. The van der Waals surface area contributed by atoms with Gasteiger partial charge < -0.3 is 0 Å². The van der Waals surface area contributed by atoms with Crippen LogP contribution >= 0.6 is 0 Å². The van der Waals surface area contributed by atoms with Gasteiger partial charge in [0, 0.05) is 0 Å². The normalized spacial score (nSPS) is 15.8. The zero-order valence-corrected chi connectivity index (χ0v) is 25.6. The first-order valence-corrected chi connectivity index (χ1v) is 18.4. The van der Waals surface area contributed by atoms with E-state index >= 15 is 0 Å². The van der Waals surface area contributed by atoms with E-state index in [1.807, 2.05) is 24.3 Å². The van der Waals surface area contributed by atoms with Gasteiger partial charge in [-0.1, -0.05) is 0 Å². The van der Waals surface area contributed by atoms with E-state index in [-0.39, 0.29) is 11.5 Å². The van der Waals surface area contributed by atoms with Crippen molar-refractivity contribution in [3.63, 3.8) is 0 Å². The van der Waals surface area contributed by atoms with Crippen molar-refractivity contribution in [2.75, 3.05) is 0 Å². The van der Waals surface area contributed by atoms with Crippen molar-refractivity contribution in [3.8, 4) is 11.5 Å². The number of hydrogen-bond donors (Lipinski definition) is 0. The molecule has 2 aliphatic rings. The second kappa shape index (κ2) is 13.2. The summed E-state index contributed by atoms with van der Waals surface area (Å²) in [6.07, 6.45) is 4.90. The van der Waals surface area contributed by atoms with Gasteiger partial charge in [-0.25, -0.2) is 0 Å². The summed E-state index contributed by atoms with van der Waals surface area (Å²) in [6, 6.07) is 9.40. The average Bonchev–Trinajstić information content (AvgIpc) is 3.60. The van der Waals surface area contributed by atoms with E-state index in [4.69, 9.17) is 5.63 Å². The van der Waals surface area contributed by atoms with E-state index in [1.165, 1.54) is 24.3 Å². The molecule has 9 heteroatoms. The molecule has 0 unspecified atom stereocenters. The van der Waals surface area contributed by atoms with Crippen LogP contribution in [-0.2, 0) is 33.5 Å². The quantitative estimate of drug-likeness (QED) is 0.212. The molecule has 0 aromatic heterocycles. The van der Waals surface area contributed by atoms with Crippen molar-refractivity contribution in [3.05, 3.63) is 102 Å². The fourth-order valence-electron chi connectivity index (χ4n) is 5.25. The molecule has 0 bridgehead atoms. The Morgan fingerprint density at radius 2 is 1.07 bits per heavy atom. The van der Waals surface area contributed by atoms with Crippen LogP contribution in [-0.4, -0.2) is 0 Å². The topological polar surface area (TPSA) is 18.5 Å². The number of rotatable bonds is 12. The van der Waals surface area contributed by atoms with E-state index in [2.05, 4.69) is 13.8 Å². The summed E-state index contributed by atoms with van der Waals surface area (Å²) in [6.45, 7) is 4.14. The first-order chi connectivity index (χ1) is 19.5. The molecule has 0 saturated heterocycles. The van der Waals surface area contributed by atoms with Gasteiger partial charge in [-0.15, -0.1) is 0 Å². The molecular weight excluding hydrogens is 622 g/mol. The Bertz CT molecular complexity index is 1250. The molecule has 2 aromatic rings. The zero-order valence-electron chi connectivity index (χ0n) is 23.2. The summed E-state index contributed by atoms with van der Waals surface area (Å²) >= 11 is -5.00. The fraction of sp³-hybridized carbons (Fsp3) is 0.375. The van der Waals surface area contributed by atoms with Gasteiger partial charge in [0.25, 0.3) is 0 Å². The maximum atomic E-state index is 13.7. The second-order valence-electron chi connectivity index (χ2n) is 10.3. The predicted molar refractivity (Wildman–Crippen MR) is 145 cm³/mol. The molecular formula is C32H34F6O2Zr. The number of benzene rings is 2. The van der Waals surface area contributed by atoms with Crippen molar-refractivity contribution in [2.24, 2.45) is 0 Å². The van der Waals surface area contributed by atoms with E-state index in [0.29, 0.717) is 12.8 Å². The van der Waals surface area contributed by atoms with Crippen LogP contribution in [0.5, 0.6) is 11.5 Å². The van der Waals surface area contributed by atoms with Crippen molar-refractivity contribution in [1.82, 2.24) is 0 Å². The summed E-state index contributed by atoms with van der Waals surface area (Å²) in [4.78, 5) is 0. The van der Waals surface area contributed by atoms with Crippen LogP contribution in [0.15, 0.2) is 90.5 Å². The number of unbranched alkanes of at least 4 members (excludes halogenated alkanes) is 2. The monoisotopic (exact) mass is 654 g/mol. The number of hydrogen-bond acceptors (Lipinski definition) is 2. The zero-order chi connectivity index (χ0) is 29.7.